The molecule has 1 aliphatic carbocycles. The molecule has 0 aromatic rings. The van der Waals surface area contributed by atoms with Gasteiger partial charge in [-0.25, -0.2) is 0 Å². The highest BCUT2D eigenvalue weighted by molar-refractivity contribution is 4.86. The molecule has 3 N–H and O–H groups in total. The molecule has 0 spiro atoms. The fraction of sp³-hybridized carbons (Fsp3) is 1.00. The van der Waals surface area contributed by atoms with Crippen molar-refractivity contribution in [2.75, 3.05) is 13.1 Å². The van der Waals surface area contributed by atoms with E-state index in [-0.39, 0.29) is 0 Å². The van der Waals surface area contributed by atoms with Crippen LogP contribution in [0.1, 0.15) is 40.0 Å². The van der Waals surface area contributed by atoms with Crippen LogP contribution in [0, 0.1) is 0 Å². The van der Waals surface area contributed by atoms with Gasteiger partial charge in [-0.05, 0) is 39.7 Å². The van der Waals surface area contributed by atoms with Crippen molar-refractivity contribution in [3.8, 4) is 0 Å². The smallest absolute Gasteiger partial charge is 0.0718 e. The van der Waals surface area contributed by atoms with Gasteiger partial charge in [0.1, 0.15) is 0 Å². The molecule has 2 unspecified atom stereocenters. The second kappa shape index (κ2) is 4.60. The second-order valence-electron chi connectivity index (χ2n) is 5.10. The quantitative estimate of drug-likeness (QED) is 0.710. The first-order valence-electron chi connectivity index (χ1n) is 5.64. The predicted molar refractivity (Wildman–Crippen MR) is 59.2 cm³/mol. The summed E-state index contributed by atoms with van der Waals surface area (Å²) < 4.78 is 0. The van der Waals surface area contributed by atoms with Gasteiger partial charge in [0, 0.05) is 18.6 Å². The Morgan fingerprint density at radius 1 is 1.43 bits per heavy atom. The van der Waals surface area contributed by atoms with Gasteiger partial charge >= 0.3 is 0 Å². The summed E-state index contributed by atoms with van der Waals surface area (Å²) in [5.41, 5.74) is 5.30. The van der Waals surface area contributed by atoms with Crippen molar-refractivity contribution in [2.24, 2.45) is 5.73 Å². The van der Waals surface area contributed by atoms with Crippen molar-refractivity contribution in [1.82, 2.24) is 4.90 Å². The molecule has 0 aromatic carbocycles. The molecule has 0 amide bonds. The molecule has 14 heavy (non-hydrogen) atoms. The maximum atomic E-state index is 9.77. The predicted octanol–water partition coefficient (Wildman–Crippen LogP) is 0.959. The Labute approximate surface area is 87.3 Å². The van der Waals surface area contributed by atoms with E-state index < -0.39 is 5.60 Å². The Kier molecular flexibility index (Phi) is 3.93. The number of rotatable bonds is 4. The molecular formula is C11H24N2O. The number of aliphatic hydroxyl groups is 1. The van der Waals surface area contributed by atoms with Crippen molar-refractivity contribution in [1.29, 1.82) is 0 Å². The first kappa shape index (κ1) is 12.0. The molecule has 0 aliphatic heterocycles. The minimum absolute atomic E-state index is 0.371. The van der Waals surface area contributed by atoms with Gasteiger partial charge in [0.15, 0.2) is 0 Å². The van der Waals surface area contributed by atoms with Gasteiger partial charge in [-0.3, -0.25) is 4.90 Å². The third-order valence-corrected chi connectivity index (χ3v) is 2.96. The summed E-state index contributed by atoms with van der Waals surface area (Å²) in [7, 11) is 0. The third-order valence-electron chi connectivity index (χ3n) is 2.96. The average Bonchev–Trinajstić information content (AvgIpc) is 2.46. The molecular weight excluding hydrogens is 176 g/mol. The number of hydrogen-bond acceptors (Lipinski definition) is 3. The minimum atomic E-state index is -0.595. The molecule has 0 radical (unpaired) electrons. The Hall–Kier alpha value is -0.120. The Bertz CT molecular complexity index is 177. The fourth-order valence-corrected chi connectivity index (χ4v) is 2.32. The van der Waals surface area contributed by atoms with Gasteiger partial charge in [0.2, 0.25) is 0 Å². The van der Waals surface area contributed by atoms with E-state index in [1.54, 1.807) is 0 Å². The lowest BCUT2D eigenvalue weighted by molar-refractivity contribution is 0.0233. The van der Waals surface area contributed by atoms with Gasteiger partial charge in [0.25, 0.3) is 0 Å². The standard InChI is InChI=1S/C11H24N2O/c1-4-13(8-11(2,3)14)10-6-5-9(12)7-10/h9-10,14H,4-8,12H2,1-3H3. The van der Waals surface area contributed by atoms with Crippen LogP contribution in [-0.2, 0) is 0 Å². The highest BCUT2D eigenvalue weighted by Crippen LogP contribution is 2.23. The van der Waals surface area contributed by atoms with Gasteiger partial charge < -0.3 is 10.8 Å². The highest BCUT2D eigenvalue weighted by atomic mass is 16.3. The number of likely N-dealkylation sites (N-methyl/N-ethyl adjacent to an activating group) is 1. The van der Waals surface area contributed by atoms with Crippen LogP contribution in [0.25, 0.3) is 0 Å². The van der Waals surface area contributed by atoms with E-state index in [1.807, 2.05) is 13.8 Å². The topological polar surface area (TPSA) is 49.5 Å². The van der Waals surface area contributed by atoms with E-state index in [2.05, 4.69) is 11.8 Å². The van der Waals surface area contributed by atoms with Gasteiger partial charge in [0.05, 0.1) is 5.60 Å². The molecule has 84 valence electrons. The summed E-state index contributed by atoms with van der Waals surface area (Å²) in [5.74, 6) is 0. The zero-order valence-corrected chi connectivity index (χ0v) is 9.66. The van der Waals surface area contributed by atoms with Crippen LogP contribution >= 0.6 is 0 Å². The van der Waals surface area contributed by atoms with E-state index in [0.29, 0.717) is 12.1 Å². The van der Waals surface area contributed by atoms with Crippen molar-refractivity contribution >= 4 is 0 Å². The normalized spacial score (nSPS) is 28.7. The van der Waals surface area contributed by atoms with E-state index in [0.717, 1.165) is 25.9 Å². The average molecular weight is 200 g/mol. The van der Waals surface area contributed by atoms with Crippen molar-refractivity contribution < 1.29 is 5.11 Å². The molecule has 0 saturated heterocycles. The van der Waals surface area contributed by atoms with E-state index in [9.17, 15) is 5.11 Å². The van der Waals surface area contributed by atoms with Crippen LogP contribution in [0.4, 0.5) is 0 Å². The van der Waals surface area contributed by atoms with Crippen LogP contribution in [0.15, 0.2) is 0 Å². The fourth-order valence-electron chi connectivity index (χ4n) is 2.32. The molecule has 1 saturated carbocycles. The van der Waals surface area contributed by atoms with E-state index >= 15 is 0 Å². The van der Waals surface area contributed by atoms with Crippen molar-refractivity contribution in [2.45, 2.75) is 57.7 Å². The summed E-state index contributed by atoms with van der Waals surface area (Å²) in [6, 6.07) is 0.956. The molecule has 3 nitrogen and oxygen atoms in total. The zero-order valence-electron chi connectivity index (χ0n) is 9.66. The van der Waals surface area contributed by atoms with Crippen molar-refractivity contribution in [3.63, 3.8) is 0 Å². The molecule has 2 atom stereocenters. The maximum absolute atomic E-state index is 9.77. The Morgan fingerprint density at radius 2 is 2.07 bits per heavy atom. The lowest BCUT2D eigenvalue weighted by atomic mass is 10.1. The lowest BCUT2D eigenvalue weighted by Gasteiger charge is -2.32. The second-order valence-corrected chi connectivity index (χ2v) is 5.10. The Morgan fingerprint density at radius 3 is 2.43 bits per heavy atom. The molecule has 0 bridgehead atoms. The molecule has 0 heterocycles. The number of nitrogens with two attached hydrogens (primary N) is 1. The Balaban J connectivity index is 2.46. The van der Waals surface area contributed by atoms with Crippen molar-refractivity contribution in [3.05, 3.63) is 0 Å². The summed E-state index contributed by atoms with van der Waals surface area (Å²) in [6.45, 7) is 7.63. The molecule has 0 aromatic heterocycles. The summed E-state index contributed by atoms with van der Waals surface area (Å²) in [5, 5.41) is 9.77. The van der Waals surface area contributed by atoms with Crippen LogP contribution in [0.3, 0.4) is 0 Å². The third kappa shape index (κ3) is 3.56. The van der Waals surface area contributed by atoms with Crippen LogP contribution in [-0.4, -0.2) is 40.8 Å². The van der Waals surface area contributed by atoms with Crippen LogP contribution in [0.2, 0.25) is 0 Å². The van der Waals surface area contributed by atoms with Gasteiger partial charge in [-0.2, -0.15) is 0 Å². The zero-order chi connectivity index (χ0) is 10.8. The first-order valence-corrected chi connectivity index (χ1v) is 5.64. The molecule has 1 aliphatic rings. The largest absolute Gasteiger partial charge is 0.389 e. The lowest BCUT2D eigenvalue weighted by Crippen LogP contribution is -2.43. The number of nitrogens with zero attached hydrogens (tertiary/aromatic N) is 1. The first-order chi connectivity index (χ1) is 6.42. The summed E-state index contributed by atoms with van der Waals surface area (Å²) in [4.78, 5) is 2.35. The highest BCUT2D eigenvalue weighted by Gasteiger charge is 2.29. The summed E-state index contributed by atoms with van der Waals surface area (Å²) in [6.07, 6.45) is 3.40. The molecule has 1 fully saturated rings. The summed E-state index contributed by atoms with van der Waals surface area (Å²) >= 11 is 0. The molecule has 1 rings (SSSR count). The van der Waals surface area contributed by atoms with E-state index in [4.69, 9.17) is 5.73 Å². The number of hydrogen-bond donors (Lipinski definition) is 2. The molecule has 3 heteroatoms. The monoisotopic (exact) mass is 200 g/mol. The van der Waals surface area contributed by atoms with Crippen LogP contribution < -0.4 is 5.73 Å². The van der Waals surface area contributed by atoms with E-state index in [1.165, 1.54) is 6.42 Å². The minimum Gasteiger partial charge on any atom is -0.389 e. The SMILES string of the molecule is CCN(CC(C)(C)O)C1CCC(N)C1. The van der Waals surface area contributed by atoms with Gasteiger partial charge in [-0.15, -0.1) is 0 Å². The van der Waals surface area contributed by atoms with Crippen LogP contribution in [0.5, 0.6) is 0 Å². The maximum Gasteiger partial charge on any atom is 0.0718 e. The van der Waals surface area contributed by atoms with Gasteiger partial charge in [-0.1, -0.05) is 6.92 Å².